The Balaban J connectivity index is 1.29. The normalized spacial score (nSPS) is 13.7. The maximum absolute atomic E-state index is 12.8. The summed E-state index contributed by atoms with van der Waals surface area (Å²) in [5.41, 5.74) is 1.74. The predicted octanol–water partition coefficient (Wildman–Crippen LogP) is 4.23. The molecule has 0 unspecified atom stereocenters. The summed E-state index contributed by atoms with van der Waals surface area (Å²) in [6, 6.07) is 15.1. The molecule has 1 fully saturated rings. The van der Waals surface area contributed by atoms with Crippen LogP contribution in [-0.4, -0.2) is 63.4 Å². The fourth-order valence-corrected chi connectivity index (χ4v) is 5.09. The summed E-state index contributed by atoms with van der Waals surface area (Å²) in [5.74, 6) is 0.650. The van der Waals surface area contributed by atoms with Crippen molar-refractivity contribution in [2.24, 2.45) is 0 Å². The van der Waals surface area contributed by atoms with Crippen LogP contribution in [0.3, 0.4) is 0 Å². The predicted molar refractivity (Wildman–Crippen MR) is 140 cm³/mol. The lowest BCUT2D eigenvalue weighted by Gasteiger charge is -2.36. The summed E-state index contributed by atoms with van der Waals surface area (Å²) in [7, 11) is 0. The van der Waals surface area contributed by atoms with Crippen LogP contribution in [-0.2, 0) is 22.6 Å². The van der Waals surface area contributed by atoms with Crippen molar-refractivity contribution in [3.05, 3.63) is 64.4 Å². The van der Waals surface area contributed by atoms with Gasteiger partial charge in [0.05, 0.1) is 22.2 Å². The molecule has 1 aliphatic heterocycles. The number of amides is 2. The molecule has 4 rings (SSSR count). The van der Waals surface area contributed by atoms with Crippen LogP contribution in [0.5, 0.6) is 0 Å². The molecule has 11 heteroatoms. The van der Waals surface area contributed by atoms with Crippen molar-refractivity contribution >= 4 is 58.2 Å². The van der Waals surface area contributed by atoms with Crippen LogP contribution in [0.2, 0.25) is 10.0 Å². The van der Waals surface area contributed by atoms with Gasteiger partial charge in [0.2, 0.25) is 11.8 Å². The van der Waals surface area contributed by atoms with Gasteiger partial charge >= 0.3 is 0 Å². The zero-order chi connectivity index (χ0) is 24.8. The van der Waals surface area contributed by atoms with Gasteiger partial charge in [-0.05, 0) is 37.3 Å². The first kappa shape index (κ1) is 25.3. The zero-order valence-corrected chi connectivity index (χ0v) is 21.6. The number of hydrogen-bond acceptors (Lipinski definition) is 6. The molecule has 1 aromatic heterocycles. The molecule has 3 aromatic rings. The molecule has 1 aliphatic rings. The van der Waals surface area contributed by atoms with Crippen LogP contribution >= 0.6 is 35.0 Å². The third kappa shape index (κ3) is 6.48. The number of nitrogens with one attached hydrogen (secondary N) is 1. The largest absolute Gasteiger partial charge is 0.368 e. The molecule has 0 radical (unpaired) electrons. The van der Waals surface area contributed by atoms with Crippen molar-refractivity contribution in [1.29, 1.82) is 0 Å². The second-order valence-electron chi connectivity index (χ2n) is 7.99. The van der Waals surface area contributed by atoms with E-state index in [0.717, 1.165) is 13.1 Å². The number of nitrogens with zero attached hydrogens (tertiary/aromatic N) is 5. The van der Waals surface area contributed by atoms with Gasteiger partial charge < -0.3 is 19.7 Å². The van der Waals surface area contributed by atoms with Crippen molar-refractivity contribution in [3.8, 4) is 0 Å². The van der Waals surface area contributed by atoms with E-state index in [4.69, 9.17) is 23.2 Å². The number of rotatable bonds is 8. The van der Waals surface area contributed by atoms with Crippen molar-refractivity contribution in [1.82, 2.24) is 19.7 Å². The number of thioether (sulfide) groups is 1. The second-order valence-corrected chi connectivity index (χ2v) is 9.75. The average molecular weight is 533 g/mol. The Kier molecular flexibility index (Phi) is 8.54. The molecular weight excluding hydrogens is 507 g/mol. The first-order chi connectivity index (χ1) is 16.9. The van der Waals surface area contributed by atoms with Crippen molar-refractivity contribution in [3.63, 3.8) is 0 Å². The molecule has 2 heterocycles. The zero-order valence-electron chi connectivity index (χ0n) is 19.3. The van der Waals surface area contributed by atoms with E-state index in [9.17, 15) is 9.59 Å². The first-order valence-electron chi connectivity index (χ1n) is 11.3. The van der Waals surface area contributed by atoms with Crippen molar-refractivity contribution in [2.45, 2.75) is 25.0 Å². The van der Waals surface area contributed by atoms with Crippen LogP contribution < -0.4 is 10.2 Å². The number of carbonyl (C=O) groups excluding carboxylic acids is 2. The van der Waals surface area contributed by atoms with Gasteiger partial charge in [-0.3, -0.25) is 9.59 Å². The molecule has 2 amide bonds. The van der Waals surface area contributed by atoms with E-state index in [2.05, 4.69) is 32.5 Å². The summed E-state index contributed by atoms with van der Waals surface area (Å²) in [4.78, 5) is 29.5. The van der Waals surface area contributed by atoms with Crippen LogP contribution in [0.25, 0.3) is 0 Å². The number of para-hydroxylation sites is 1. The summed E-state index contributed by atoms with van der Waals surface area (Å²) in [6.07, 6.45) is 0.0526. The summed E-state index contributed by atoms with van der Waals surface area (Å²) >= 11 is 13.3. The van der Waals surface area contributed by atoms with Gasteiger partial charge in [0.25, 0.3) is 0 Å². The van der Waals surface area contributed by atoms with Gasteiger partial charge in [0.1, 0.15) is 5.82 Å². The van der Waals surface area contributed by atoms with Crippen LogP contribution in [0.4, 0.5) is 11.4 Å². The van der Waals surface area contributed by atoms with E-state index in [0.29, 0.717) is 46.3 Å². The smallest absolute Gasteiger partial charge is 0.233 e. The third-order valence-electron chi connectivity index (χ3n) is 5.71. The molecular formula is C24H26Cl2N6O2S. The van der Waals surface area contributed by atoms with Gasteiger partial charge in [0, 0.05) is 44.1 Å². The van der Waals surface area contributed by atoms with E-state index in [1.165, 1.54) is 17.4 Å². The Hall–Kier alpha value is -2.75. The minimum absolute atomic E-state index is 0.0526. The number of piperazine rings is 1. The van der Waals surface area contributed by atoms with Gasteiger partial charge in [0.15, 0.2) is 5.16 Å². The molecule has 35 heavy (non-hydrogen) atoms. The molecule has 0 spiro atoms. The summed E-state index contributed by atoms with van der Waals surface area (Å²) in [6.45, 7) is 5.55. The van der Waals surface area contributed by atoms with E-state index in [1.807, 2.05) is 34.6 Å². The monoisotopic (exact) mass is 532 g/mol. The molecule has 184 valence electrons. The van der Waals surface area contributed by atoms with Gasteiger partial charge in [-0.2, -0.15) is 0 Å². The Morgan fingerprint density at radius 2 is 1.74 bits per heavy atom. The first-order valence-corrected chi connectivity index (χ1v) is 13.1. The SMILES string of the molecule is CCn1c(CC(=O)Nc2ccc(Cl)c(Cl)c2)nnc1SCC(=O)N1CCN(c2ccccc2)CC1. The highest BCUT2D eigenvalue weighted by atomic mass is 35.5. The highest BCUT2D eigenvalue weighted by Crippen LogP contribution is 2.25. The standard InChI is InChI=1S/C24H26Cl2N6O2S/c1-2-32-21(15-22(33)27-17-8-9-19(25)20(26)14-17)28-29-24(32)35-16-23(34)31-12-10-30(11-13-31)18-6-4-3-5-7-18/h3-9,14H,2,10-13,15-16H2,1H3,(H,27,33). The molecule has 8 nitrogen and oxygen atoms in total. The van der Waals surface area contributed by atoms with Crippen LogP contribution in [0, 0.1) is 0 Å². The molecule has 1 N–H and O–H groups in total. The van der Waals surface area contributed by atoms with Crippen LogP contribution in [0.15, 0.2) is 53.7 Å². The van der Waals surface area contributed by atoms with Gasteiger partial charge in [-0.1, -0.05) is 53.2 Å². The fraction of sp³-hybridized carbons (Fsp3) is 0.333. The Morgan fingerprint density at radius 3 is 2.43 bits per heavy atom. The third-order valence-corrected chi connectivity index (χ3v) is 7.40. The van der Waals surface area contributed by atoms with Gasteiger partial charge in [-0.15, -0.1) is 10.2 Å². The summed E-state index contributed by atoms with van der Waals surface area (Å²) < 4.78 is 1.86. The minimum atomic E-state index is -0.241. The van der Waals surface area contributed by atoms with E-state index in [1.54, 1.807) is 18.2 Å². The van der Waals surface area contributed by atoms with Gasteiger partial charge in [-0.25, -0.2) is 0 Å². The number of benzene rings is 2. The average Bonchev–Trinajstić information content (AvgIpc) is 3.26. The maximum atomic E-state index is 12.8. The number of aromatic nitrogens is 3. The number of halogens is 2. The van der Waals surface area contributed by atoms with E-state index < -0.39 is 0 Å². The maximum Gasteiger partial charge on any atom is 0.233 e. The number of hydrogen-bond donors (Lipinski definition) is 1. The topological polar surface area (TPSA) is 83.4 Å². The molecule has 2 aromatic carbocycles. The molecule has 0 atom stereocenters. The lowest BCUT2D eigenvalue weighted by atomic mass is 10.2. The Bertz CT molecular complexity index is 1180. The van der Waals surface area contributed by atoms with E-state index in [-0.39, 0.29) is 24.0 Å². The Morgan fingerprint density at radius 1 is 1.00 bits per heavy atom. The van der Waals surface area contributed by atoms with Crippen LogP contribution in [0.1, 0.15) is 12.7 Å². The summed E-state index contributed by atoms with van der Waals surface area (Å²) in [5, 5.41) is 12.6. The van der Waals surface area contributed by atoms with E-state index >= 15 is 0 Å². The molecule has 1 saturated heterocycles. The minimum Gasteiger partial charge on any atom is -0.368 e. The molecule has 0 bridgehead atoms. The Labute approximate surface area is 218 Å². The fourth-order valence-electron chi connectivity index (χ4n) is 3.87. The lowest BCUT2D eigenvalue weighted by molar-refractivity contribution is -0.128. The van der Waals surface area contributed by atoms with Crippen molar-refractivity contribution in [2.75, 3.05) is 42.1 Å². The lowest BCUT2D eigenvalue weighted by Crippen LogP contribution is -2.49. The number of anilines is 2. The molecule has 0 aliphatic carbocycles. The highest BCUT2D eigenvalue weighted by molar-refractivity contribution is 7.99. The molecule has 0 saturated carbocycles. The highest BCUT2D eigenvalue weighted by Gasteiger charge is 2.22. The van der Waals surface area contributed by atoms with Crippen molar-refractivity contribution < 1.29 is 9.59 Å². The number of carbonyl (C=O) groups is 2. The second kappa shape index (κ2) is 11.8. The quantitative estimate of drug-likeness (QED) is 0.437.